The van der Waals surface area contributed by atoms with Crippen molar-refractivity contribution in [2.24, 2.45) is 11.8 Å². The van der Waals surface area contributed by atoms with Crippen molar-refractivity contribution in [3.63, 3.8) is 0 Å². The van der Waals surface area contributed by atoms with Crippen LogP contribution in [0.3, 0.4) is 0 Å². The molecule has 0 amide bonds. The molecule has 1 aromatic heterocycles. The summed E-state index contributed by atoms with van der Waals surface area (Å²) in [4.78, 5) is 6.43. The summed E-state index contributed by atoms with van der Waals surface area (Å²) in [6.07, 6.45) is 4.06. The van der Waals surface area contributed by atoms with Gasteiger partial charge in [0, 0.05) is 13.0 Å². The van der Waals surface area contributed by atoms with Crippen LogP contribution in [0.5, 0.6) is 0 Å². The van der Waals surface area contributed by atoms with Gasteiger partial charge in [0.15, 0.2) is 5.82 Å². The molecule has 1 atom stereocenters. The van der Waals surface area contributed by atoms with Crippen molar-refractivity contribution in [1.82, 2.24) is 15.0 Å². The summed E-state index contributed by atoms with van der Waals surface area (Å²) in [6.45, 7) is 5.66. The Labute approximate surface area is 115 Å². The zero-order valence-corrected chi connectivity index (χ0v) is 12.2. The average molecular weight is 267 g/mol. The van der Waals surface area contributed by atoms with Crippen molar-refractivity contribution in [2.75, 3.05) is 13.6 Å². The van der Waals surface area contributed by atoms with Crippen LogP contribution in [-0.2, 0) is 13.0 Å². The van der Waals surface area contributed by atoms with Crippen molar-refractivity contribution in [1.29, 1.82) is 0 Å². The van der Waals surface area contributed by atoms with Gasteiger partial charge in [-0.1, -0.05) is 19.0 Å². The van der Waals surface area contributed by atoms with Gasteiger partial charge in [0.25, 0.3) is 0 Å². The lowest BCUT2D eigenvalue weighted by Crippen LogP contribution is -2.30. The first-order valence-corrected chi connectivity index (χ1v) is 7.22. The van der Waals surface area contributed by atoms with Gasteiger partial charge in [-0.15, -0.1) is 0 Å². The molecule has 0 radical (unpaired) electrons. The van der Waals surface area contributed by atoms with Gasteiger partial charge in [0.2, 0.25) is 5.89 Å². The van der Waals surface area contributed by atoms with Crippen LogP contribution in [0.25, 0.3) is 0 Å². The van der Waals surface area contributed by atoms with Gasteiger partial charge >= 0.3 is 0 Å². The van der Waals surface area contributed by atoms with Crippen molar-refractivity contribution >= 4 is 0 Å². The Morgan fingerprint density at radius 3 is 2.79 bits per heavy atom. The Morgan fingerprint density at radius 1 is 1.42 bits per heavy atom. The minimum absolute atomic E-state index is 0.215. The van der Waals surface area contributed by atoms with Crippen LogP contribution in [0.4, 0.5) is 0 Å². The molecule has 0 bridgehead atoms. The number of hydrogen-bond acceptors (Lipinski definition) is 5. The number of aliphatic hydroxyl groups excluding tert-OH is 1. The Kier molecular flexibility index (Phi) is 4.93. The SMILES string of the molecule is CC(C)CCc1noc(CN(C)CC(O)C2CC2)n1. The number of aromatic nitrogens is 2. The van der Waals surface area contributed by atoms with Crippen LogP contribution < -0.4 is 0 Å². The normalized spacial score (nSPS) is 17.4. The first-order valence-electron chi connectivity index (χ1n) is 7.22. The smallest absolute Gasteiger partial charge is 0.240 e. The summed E-state index contributed by atoms with van der Waals surface area (Å²) in [5.41, 5.74) is 0. The van der Waals surface area contributed by atoms with Crippen LogP contribution in [0.15, 0.2) is 4.52 Å². The van der Waals surface area contributed by atoms with E-state index in [4.69, 9.17) is 4.52 Å². The minimum atomic E-state index is -0.215. The van der Waals surface area contributed by atoms with Gasteiger partial charge in [-0.2, -0.15) is 4.98 Å². The van der Waals surface area contributed by atoms with E-state index in [1.54, 1.807) is 0 Å². The standard InChI is InChI=1S/C14H25N3O2/c1-10(2)4-7-13-15-14(19-16-13)9-17(3)8-12(18)11-5-6-11/h10-12,18H,4-9H2,1-3H3. The zero-order chi connectivity index (χ0) is 13.8. The maximum atomic E-state index is 9.88. The highest BCUT2D eigenvalue weighted by atomic mass is 16.5. The molecule has 1 aromatic rings. The highest BCUT2D eigenvalue weighted by Crippen LogP contribution is 2.32. The van der Waals surface area contributed by atoms with E-state index < -0.39 is 0 Å². The number of rotatable bonds is 8. The lowest BCUT2D eigenvalue weighted by atomic mass is 10.1. The van der Waals surface area contributed by atoms with Crippen molar-refractivity contribution in [2.45, 2.75) is 52.2 Å². The summed E-state index contributed by atoms with van der Waals surface area (Å²) in [6, 6.07) is 0. The molecular formula is C14H25N3O2. The third-order valence-electron chi connectivity index (χ3n) is 3.53. The molecule has 1 N–H and O–H groups in total. The minimum Gasteiger partial charge on any atom is -0.392 e. The second-order valence-electron chi connectivity index (χ2n) is 6.14. The van der Waals surface area contributed by atoms with Gasteiger partial charge in [0.05, 0.1) is 12.6 Å². The van der Waals surface area contributed by atoms with E-state index in [-0.39, 0.29) is 6.10 Å². The average Bonchev–Trinajstić information content (AvgIpc) is 3.09. The van der Waals surface area contributed by atoms with E-state index in [1.807, 2.05) is 11.9 Å². The Balaban J connectivity index is 1.75. The fraction of sp³-hybridized carbons (Fsp3) is 0.857. The van der Waals surface area contributed by atoms with Gasteiger partial charge < -0.3 is 9.63 Å². The molecule has 1 aliphatic rings. The molecule has 0 aromatic carbocycles. The predicted molar refractivity (Wildman–Crippen MR) is 72.5 cm³/mol. The third kappa shape index (κ3) is 4.91. The Morgan fingerprint density at radius 2 is 2.16 bits per heavy atom. The molecule has 19 heavy (non-hydrogen) atoms. The summed E-state index contributed by atoms with van der Waals surface area (Å²) in [5, 5.41) is 13.9. The fourth-order valence-electron chi connectivity index (χ4n) is 2.12. The van der Waals surface area contributed by atoms with Crippen LogP contribution in [-0.4, -0.2) is 39.8 Å². The van der Waals surface area contributed by atoms with E-state index in [0.717, 1.165) is 31.5 Å². The van der Waals surface area contributed by atoms with Crippen LogP contribution in [0.1, 0.15) is 44.8 Å². The molecule has 5 heteroatoms. The molecule has 2 rings (SSSR count). The van der Waals surface area contributed by atoms with Crippen LogP contribution in [0.2, 0.25) is 0 Å². The first kappa shape index (κ1) is 14.5. The molecule has 1 saturated carbocycles. The quantitative estimate of drug-likeness (QED) is 0.779. The van der Waals surface area contributed by atoms with E-state index >= 15 is 0 Å². The molecule has 1 aliphatic carbocycles. The largest absolute Gasteiger partial charge is 0.392 e. The first-order chi connectivity index (χ1) is 9.04. The molecule has 5 nitrogen and oxygen atoms in total. The van der Waals surface area contributed by atoms with Crippen LogP contribution >= 0.6 is 0 Å². The third-order valence-corrected chi connectivity index (χ3v) is 3.53. The molecule has 0 saturated heterocycles. The van der Waals surface area contributed by atoms with E-state index in [0.29, 0.717) is 30.8 Å². The fourth-order valence-corrected chi connectivity index (χ4v) is 2.12. The topological polar surface area (TPSA) is 62.4 Å². The van der Waals surface area contributed by atoms with Crippen LogP contribution in [0, 0.1) is 11.8 Å². The number of aliphatic hydroxyl groups is 1. The van der Waals surface area contributed by atoms with E-state index in [2.05, 4.69) is 24.0 Å². The number of hydrogen-bond donors (Lipinski definition) is 1. The predicted octanol–water partition coefficient (Wildman–Crippen LogP) is 1.86. The maximum absolute atomic E-state index is 9.88. The van der Waals surface area contributed by atoms with E-state index in [1.165, 1.54) is 0 Å². The number of likely N-dealkylation sites (N-methyl/N-ethyl adjacent to an activating group) is 1. The van der Waals surface area contributed by atoms with Gasteiger partial charge in [-0.3, -0.25) is 4.90 Å². The summed E-state index contributed by atoms with van der Waals surface area (Å²) in [7, 11) is 1.98. The lowest BCUT2D eigenvalue weighted by molar-refractivity contribution is 0.0992. The Bertz CT molecular complexity index is 388. The van der Waals surface area contributed by atoms with Crippen molar-refractivity contribution in [3.8, 4) is 0 Å². The second-order valence-corrected chi connectivity index (χ2v) is 6.14. The molecule has 0 spiro atoms. The van der Waals surface area contributed by atoms with Gasteiger partial charge in [-0.25, -0.2) is 0 Å². The Hall–Kier alpha value is -0.940. The van der Waals surface area contributed by atoms with Crippen molar-refractivity contribution in [3.05, 3.63) is 11.7 Å². The highest BCUT2D eigenvalue weighted by Gasteiger charge is 2.30. The molecule has 0 aliphatic heterocycles. The molecule has 1 unspecified atom stereocenters. The number of aryl methyl sites for hydroxylation is 1. The molecule has 108 valence electrons. The maximum Gasteiger partial charge on any atom is 0.240 e. The number of nitrogens with zero attached hydrogens (tertiary/aromatic N) is 3. The van der Waals surface area contributed by atoms with E-state index in [9.17, 15) is 5.11 Å². The summed E-state index contributed by atoms with van der Waals surface area (Å²) in [5.74, 6) is 2.59. The summed E-state index contributed by atoms with van der Waals surface area (Å²) >= 11 is 0. The van der Waals surface area contributed by atoms with Gasteiger partial charge in [-0.05, 0) is 38.1 Å². The highest BCUT2D eigenvalue weighted by molar-refractivity contribution is 4.88. The molecule has 1 fully saturated rings. The molecular weight excluding hydrogens is 242 g/mol. The second kappa shape index (κ2) is 6.48. The molecule has 1 heterocycles. The summed E-state index contributed by atoms with van der Waals surface area (Å²) < 4.78 is 5.24. The zero-order valence-electron chi connectivity index (χ0n) is 12.2. The van der Waals surface area contributed by atoms with Crippen molar-refractivity contribution < 1.29 is 9.63 Å². The van der Waals surface area contributed by atoms with Gasteiger partial charge in [0.1, 0.15) is 0 Å². The monoisotopic (exact) mass is 267 g/mol. The lowest BCUT2D eigenvalue weighted by Gasteiger charge is -2.18.